The molecular weight excluding hydrogens is 604 g/mol. The van der Waals surface area contributed by atoms with E-state index in [0.717, 1.165) is 37.3 Å². The van der Waals surface area contributed by atoms with Gasteiger partial charge >= 0.3 is 0 Å². The zero-order valence-corrected chi connectivity index (χ0v) is 28.1. The minimum absolute atomic E-state index is 0.116. The fourth-order valence-electron chi connectivity index (χ4n) is 5.05. The van der Waals surface area contributed by atoms with Crippen LogP contribution in [0.3, 0.4) is 0 Å². The van der Waals surface area contributed by atoms with Crippen molar-refractivity contribution in [3.8, 4) is 0 Å². The van der Waals surface area contributed by atoms with E-state index in [9.17, 15) is 33.4 Å². The van der Waals surface area contributed by atoms with Gasteiger partial charge in [-0.1, -0.05) is 51.8 Å². The summed E-state index contributed by atoms with van der Waals surface area (Å²) in [5.41, 5.74) is 2.60. The summed E-state index contributed by atoms with van der Waals surface area (Å²) in [6, 6.07) is 16.4. The van der Waals surface area contributed by atoms with E-state index >= 15 is 0 Å². The molecule has 8 nitrogen and oxygen atoms in total. The first-order valence-electron chi connectivity index (χ1n) is 16.2. The first kappa shape index (κ1) is 39.0. The largest absolute Gasteiger partial charge is 0.388 e. The number of aryl methyl sites for hydroxylation is 2. The summed E-state index contributed by atoms with van der Waals surface area (Å²) in [4.78, 5) is 40.4. The number of carbonyl (C=O) groups excluding carboxylic acids is 3. The maximum absolute atomic E-state index is 13.0. The Labute approximate surface area is 277 Å². The van der Waals surface area contributed by atoms with Gasteiger partial charge in [-0.15, -0.1) is 0 Å². The van der Waals surface area contributed by atoms with Gasteiger partial charge in [0.2, 0.25) is 0 Å². The third kappa shape index (κ3) is 13.2. The molecule has 3 aromatic carbocycles. The maximum atomic E-state index is 13.0. The zero-order valence-electron chi connectivity index (χ0n) is 28.1. The first-order chi connectivity index (χ1) is 22.4. The normalized spacial score (nSPS) is 12.6. The molecule has 3 aromatic rings. The fourth-order valence-corrected chi connectivity index (χ4v) is 5.05. The van der Waals surface area contributed by atoms with Crippen molar-refractivity contribution >= 4 is 17.7 Å². The zero-order chi connectivity index (χ0) is 34.9. The molecule has 4 N–H and O–H groups in total. The minimum Gasteiger partial charge on any atom is -0.388 e. The minimum atomic E-state index is -1.30. The number of nitrogens with zero attached hydrogens (tertiary/aromatic N) is 1. The highest BCUT2D eigenvalue weighted by Gasteiger charge is 2.28. The van der Waals surface area contributed by atoms with Crippen molar-refractivity contribution in [1.82, 2.24) is 15.5 Å². The number of hydrogen-bond acceptors (Lipinski definition) is 5. The van der Waals surface area contributed by atoms with E-state index in [-0.39, 0.29) is 18.4 Å². The molecule has 10 heteroatoms. The molecule has 3 amide bonds. The van der Waals surface area contributed by atoms with Gasteiger partial charge in [0.25, 0.3) is 17.7 Å². The number of benzene rings is 3. The van der Waals surface area contributed by atoms with E-state index in [2.05, 4.69) is 10.6 Å². The van der Waals surface area contributed by atoms with Gasteiger partial charge in [0.15, 0.2) is 0 Å². The summed E-state index contributed by atoms with van der Waals surface area (Å²) in [5, 5.41) is 27.0. The van der Waals surface area contributed by atoms with Crippen LogP contribution in [0.5, 0.6) is 0 Å². The molecule has 0 aliphatic rings. The second kappa shape index (κ2) is 20.2. The lowest BCUT2D eigenvalue weighted by Gasteiger charge is -2.28. The molecular formula is C37H49F2N3O5. The Morgan fingerprint density at radius 1 is 0.745 bits per heavy atom. The summed E-state index contributed by atoms with van der Waals surface area (Å²) in [6.45, 7) is 10.6. The Morgan fingerprint density at radius 3 is 1.87 bits per heavy atom. The van der Waals surface area contributed by atoms with Crippen LogP contribution in [-0.2, 0) is 0 Å². The number of hydrogen-bond donors (Lipinski definition) is 4. The van der Waals surface area contributed by atoms with Crippen LogP contribution >= 0.6 is 0 Å². The third-order valence-electron chi connectivity index (χ3n) is 7.37. The molecule has 0 aliphatic carbocycles. The molecule has 0 bridgehead atoms. The standard InChI is InChI=1S/C30H43N3O5.C7H6F2/c1-5-8-14-25(32-29(37)22-12-10-9-11-13-22)27(35)26(34)20-31-28(36)23-17-21(4)18-24(19-23)30(38)33(15-6-2)16-7-3;1-5-2-6(8)4-7(9)3-5/h9-13,17-19,25-27,34-35H,5-8,14-16,20H2,1-4H3,(H,31,36)(H,32,37);2-4H,1H3. The highest BCUT2D eigenvalue weighted by molar-refractivity contribution is 6.00. The predicted octanol–water partition coefficient (Wildman–Crippen LogP) is 5.97. The van der Waals surface area contributed by atoms with Crippen molar-refractivity contribution in [2.24, 2.45) is 0 Å². The molecule has 3 unspecified atom stereocenters. The van der Waals surface area contributed by atoms with Crippen LogP contribution in [0, 0.1) is 25.5 Å². The average molecular weight is 654 g/mol. The number of aliphatic hydroxyl groups is 2. The Bertz CT molecular complexity index is 1380. The third-order valence-corrected chi connectivity index (χ3v) is 7.37. The van der Waals surface area contributed by atoms with E-state index in [4.69, 9.17) is 0 Å². The van der Waals surface area contributed by atoms with E-state index in [0.29, 0.717) is 41.8 Å². The van der Waals surface area contributed by atoms with Gasteiger partial charge in [0.1, 0.15) is 17.7 Å². The van der Waals surface area contributed by atoms with Crippen LogP contribution in [0.2, 0.25) is 0 Å². The Hall–Kier alpha value is -4.15. The second-order valence-electron chi connectivity index (χ2n) is 11.7. The Balaban J connectivity index is 0.000000731. The summed E-state index contributed by atoms with van der Waals surface area (Å²) in [6.07, 6.45) is 1.21. The summed E-state index contributed by atoms with van der Waals surface area (Å²) in [7, 11) is 0. The quantitative estimate of drug-likeness (QED) is 0.161. The van der Waals surface area contributed by atoms with Crippen molar-refractivity contribution in [2.45, 2.75) is 85.0 Å². The number of aliphatic hydroxyl groups excluding tert-OH is 2. The van der Waals surface area contributed by atoms with Crippen LogP contribution in [0.15, 0.2) is 66.7 Å². The van der Waals surface area contributed by atoms with E-state index in [1.54, 1.807) is 54.3 Å². The van der Waals surface area contributed by atoms with E-state index in [1.165, 1.54) is 12.1 Å². The molecule has 0 aromatic heterocycles. The highest BCUT2D eigenvalue weighted by Crippen LogP contribution is 2.15. The number of amides is 3. The Kier molecular flexibility index (Phi) is 16.7. The maximum Gasteiger partial charge on any atom is 0.253 e. The van der Waals surface area contributed by atoms with E-state index < -0.39 is 35.8 Å². The molecule has 0 saturated heterocycles. The smallest absolute Gasteiger partial charge is 0.253 e. The SMILES string of the molecule is CCCCC(NC(=O)c1ccccc1)C(O)C(O)CNC(=O)c1cc(C)cc(C(=O)N(CCC)CCC)c1.Cc1cc(F)cc(F)c1. The molecule has 0 aliphatic heterocycles. The van der Waals surface area contributed by atoms with Crippen molar-refractivity contribution in [3.05, 3.63) is 106 Å². The molecule has 256 valence electrons. The van der Waals surface area contributed by atoms with Gasteiger partial charge in [-0.25, -0.2) is 8.78 Å². The van der Waals surface area contributed by atoms with Gasteiger partial charge < -0.3 is 25.7 Å². The first-order valence-corrected chi connectivity index (χ1v) is 16.2. The Morgan fingerprint density at radius 2 is 1.32 bits per heavy atom. The molecule has 0 spiro atoms. The van der Waals surface area contributed by atoms with Crippen LogP contribution < -0.4 is 10.6 Å². The molecule has 47 heavy (non-hydrogen) atoms. The van der Waals surface area contributed by atoms with Gasteiger partial charge in [-0.05, 0) is 86.7 Å². The predicted molar refractivity (Wildman–Crippen MR) is 180 cm³/mol. The van der Waals surface area contributed by atoms with Gasteiger partial charge in [0, 0.05) is 42.4 Å². The lowest BCUT2D eigenvalue weighted by Crippen LogP contribution is -2.51. The van der Waals surface area contributed by atoms with Gasteiger partial charge in [-0.2, -0.15) is 0 Å². The van der Waals surface area contributed by atoms with Crippen molar-refractivity contribution in [1.29, 1.82) is 0 Å². The number of rotatable bonds is 15. The van der Waals surface area contributed by atoms with Crippen LogP contribution in [0.25, 0.3) is 0 Å². The molecule has 0 saturated carbocycles. The van der Waals surface area contributed by atoms with Gasteiger partial charge in [0.05, 0.1) is 12.1 Å². The summed E-state index contributed by atoms with van der Waals surface area (Å²) in [5.74, 6) is -1.95. The van der Waals surface area contributed by atoms with Crippen molar-refractivity contribution in [3.63, 3.8) is 0 Å². The average Bonchev–Trinajstić information content (AvgIpc) is 3.04. The monoisotopic (exact) mass is 653 g/mol. The number of nitrogens with one attached hydrogen (secondary N) is 2. The molecule has 3 rings (SSSR count). The van der Waals surface area contributed by atoms with Crippen LogP contribution in [-0.4, -0.2) is 70.7 Å². The van der Waals surface area contributed by atoms with Crippen molar-refractivity contribution < 1.29 is 33.4 Å². The molecule has 0 fully saturated rings. The second-order valence-corrected chi connectivity index (χ2v) is 11.7. The summed E-state index contributed by atoms with van der Waals surface area (Å²) >= 11 is 0. The van der Waals surface area contributed by atoms with Crippen molar-refractivity contribution in [2.75, 3.05) is 19.6 Å². The summed E-state index contributed by atoms with van der Waals surface area (Å²) < 4.78 is 24.4. The highest BCUT2D eigenvalue weighted by atomic mass is 19.1. The van der Waals surface area contributed by atoms with E-state index in [1.807, 2.05) is 33.8 Å². The van der Waals surface area contributed by atoms with Gasteiger partial charge in [-0.3, -0.25) is 14.4 Å². The lowest BCUT2D eigenvalue weighted by atomic mass is 9.99. The van der Waals surface area contributed by atoms with Crippen LogP contribution in [0.4, 0.5) is 8.78 Å². The van der Waals surface area contributed by atoms with Crippen LogP contribution in [0.1, 0.15) is 95.1 Å². The molecule has 0 heterocycles. The fraction of sp³-hybridized carbons (Fsp3) is 0.432. The number of unbranched alkanes of at least 4 members (excludes halogenated alkanes) is 1. The number of carbonyl (C=O) groups is 3. The topological polar surface area (TPSA) is 119 Å². The molecule has 3 atom stereocenters. The number of halogens is 2. The lowest BCUT2D eigenvalue weighted by molar-refractivity contribution is -0.00399. The molecule has 0 radical (unpaired) electrons.